The van der Waals surface area contributed by atoms with Gasteiger partial charge in [0.15, 0.2) is 0 Å². The zero-order valence-electron chi connectivity index (χ0n) is 24.3. The van der Waals surface area contributed by atoms with Gasteiger partial charge in [0.2, 0.25) is 11.4 Å². The minimum atomic E-state index is 0.939. The first-order valence-electron chi connectivity index (χ1n) is 14.2. The maximum Gasteiger partial charge on any atom is 0.218 e. The molecule has 0 amide bonds. The van der Waals surface area contributed by atoms with Crippen LogP contribution < -0.4 is 30.8 Å². The van der Waals surface area contributed by atoms with Gasteiger partial charge in [0.25, 0.3) is 0 Å². The number of fused-ring (bicyclic) bond motifs is 6. The van der Waals surface area contributed by atoms with Crippen LogP contribution in [0.3, 0.4) is 0 Å². The van der Waals surface area contributed by atoms with E-state index in [1.165, 1.54) is 22.5 Å². The van der Waals surface area contributed by atoms with Crippen molar-refractivity contribution in [3.63, 3.8) is 0 Å². The van der Waals surface area contributed by atoms with Crippen LogP contribution in [0.2, 0.25) is 0 Å². The fourth-order valence-electron chi connectivity index (χ4n) is 5.70. The van der Waals surface area contributed by atoms with Gasteiger partial charge in [-0.25, -0.2) is 9.98 Å². The first-order chi connectivity index (χ1) is 20.4. The van der Waals surface area contributed by atoms with Gasteiger partial charge >= 0.3 is 0 Å². The monoisotopic (exact) mass is 550 g/mol. The highest BCUT2D eigenvalue weighted by Gasteiger charge is 2.27. The van der Waals surface area contributed by atoms with Crippen molar-refractivity contribution in [3.8, 4) is 0 Å². The molecule has 0 saturated carbocycles. The van der Waals surface area contributed by atoms with Gasteiger partial charge < -0.3 is 14.8 Å². The highest BCUT2D eigenvalue weighted by atomic mass is 15.1. The van der Waals surface area contributed by atoms with E-state index in [4.69, 9.17) is 4.99 Å². The van der Waals surface area contributed by atoms with Gasteiger partial charge in [-0.05, 0) is 59.7 Å². The fraction of sp³-hybridized carbons (Fsp3) is 0.111. The van der Waals surface area contributed by atoms with Crippen LogP contribution in [0.5, 0.6) is 0 Å². The predicted octanol–water partition coefficient (Wildman–Crippen LogP) is 1.88. The summed E-state index contributed by atoms with van der Waals surface area (Å²) in [6.07, 6.45) is 17.2. The lowest BCUT2D eigenvalue weighted by Gasteiger charge is -2.13. The Balaban J connectivity index is 1.40. The number of nitrogens with one attached hydrogen (secondary N) is 2. The van der Waals surface area contributed by atoms with E-state index in [-0.39, 0.29) is 0 Å². The third kappa shape index (κ3) is 4.82. The van der Waals surface area contributed by atoms with Crippen LogP contribution in [0.15, 0.2) is 131 Å². The molecule has 1 aromatic heterocycles. The number of nitrogens with zero attached hydrogens (tertiary/aromatic N) is 3. The van der Waals surface area contributed by atoms with E-state index in [0.29, 0.717) is 0 Å². The number of aromatic nitrogens is 1. The molecule has 0 saturated heterocycles. The summed E-state index contributed by atoms with van der Waals surface area (Å²) >= 11 is 0. The smallest absolute Gasteiger partial charge is 0.218 e. The summed E-state index contributed by atoms with van der Waals surface area (Å²) in [4.78, 5) is 16.7. The molecule has 5 heterocycles. The van der Waals surface area contributed by atoms with Crippen molar-refractivity contribution in [2.24, 2.45) is 4.99 Å². The Morgan fingerprint density at radius 3 is 2.07 bits per heavy atom. The SMILES string of the molecule is CN(C)c1ccc(C2=C3C=CC(=[NH+]3)C=c3ccc([nH]3)=C(c3ccc(N(C)C)cc3)C3=NC(=CC4=CC=C2[NH2+]4)C=C3)cc1. The Bertz CT molecular complexity index is 1970. The van der Waals surface area contributed by atoms with E-state index < -0.39 is 0 Å². The molecular formula is C36H34N6+2. The molecule has 42 heavy (non-hydrogen) atoms. The van der Waals surface area contributed by atoms with E-state index in [9.17, 15) is 0 Å². The van der Waals surface area contributed by atoms with Gasteiger partial charge in [-0.15, -0.1) is 0 Å². The molecule has 3 aromatic rings. The molecule has 4 N–H and O–H groups in total. The summed E-state index contributed by atoms with van der Waals surface area (Å²) in [6.45, 7) is 0. The third-order valence-electron chi connectivity index (χ3n) is 7.91. The Morgan fingerprint density at radius 1 is 0.690 bits per heavy atom. The minimum Gasteiger partial charge on any atom is -0.378 e. The first-order valence-corrected chi connectivity index (χ1v) is 14.2. The van der Waals surface area contributed by atoms with Crippen molar-refractivity contribution in [3.05, 3.63) is 148 Å². The number of allylic oxidation sites excluding steroid dienone is 8. The maximum atomic E-state index is 5.09. The Kier molecular flexibility index (Phi) is 6.33. The molecule has 0 spiro atoms. The minimum absolute atomic E-state index is 0.939. The zero-order valence-corrected chi connectivity index (χ0v) is 24.3. The number of H-pyrrole nitrogens is 1. The number of anilines is 2. The third-order valence-corrected chi connectivity index (χ3v) is 7.91. The van der Waals surface area contributed by atoms with Crippen LogP contribution in [0, 0.1) is 0 Å². The normalized spacial score (nSPS) is 17.0. The summed E-state index contributed by atoms with van der Waals surface area (Å²) in [5.74, 6) is 0. The van der Waals surface area contributed by atoms with E-state index >= 15 is 0 Å². The summed E-state index contributed by atoms with van der Waals surface area (Å²) in [7, 11) is 8.25. The van der Waals surface area contributed by atoms with Crippen LogP contribution in [0.4, 0.5) is 11.4 Å². The lowest BCUT2D eigenvalue weighted by molar-refractivity contribution is -0.539. The van der Waals surface area contributed by atoms with E-state index in [2.05, 4.69) is 163 Å². The predicted molar refractivity (Wildman–Crippen MR) is 173 cm³/mol. The van der Waals surface area contributed by atoms with E-state index in [1.54, 1.807) is 0 Å². The number of hydrogen-bond donors (Lipinski definition) is 3. The molecule has 8 bridgehead atoms. The number of nitrogens with two attached hydrogens (primary N) is 1. The molecule has 2 aromatic carbocycles. The summed E-state index contributed by atoms with van der Waals surface area (Å²) in [5.41, 5.74) is 13.2. The number of rotatable bonds is 4. The van der Waals surface area contributed by atoms with Crippen molar-refractivity contribution in [1.82, 2.24) is 4.98 Å². The Labute approximate surface area is 245 Å². The van der Waals surface area contributed by atoms with Gasteiger partial charge in [-0.2, -0.15) is 0 Å². The number of benzene rings is 2. The van der Waals surface area contributed by atoms with Gasteiger partial charge in [0, 0.05) is 92.3 Å². The van der Waals surface area contributed by atoms with Gasteiger partial charge in [0.05, 0.1) is 11.4 Å². The second kappa shape index (κ2) is 10.3. The van der Waals surface area contributed by atoms with Crippen LogP contribution in [-0.4, -0.2) is 44.6 Å². The molecule has 6 heteroatoms. The van der Waals surface area contributed by atoms with Crippen molar-refractivity contribution >= 4 is 40.0 Å². The van der Waals surface area contributed by atoms with Gasteiger partial charge in [-0.3, -0.25) is 5.32 Å². The van der Waals surface area contributed by atoms with Gasteiger partial charge in [0.1, 0.15) is 17.0 Å². The highest BCUT2D eigenvalue weighted by molar-refractivity contribution is 6.30. The molecule has 206 valence electrons. The molecule has 6 nitrogen and oxygen atoms in total. The standard InChI is InChI=1S/C36H32N6/c1-41(2)29-13-5-23(6-14-29)35-31-17-9-25(37-31)21-27-11-19-33(39-27)36(24-7-15-30(16-8-24)42(3)4)34-20-12-28(40-34)22-26-10-18-32(35)38-26/h5-22,37,40H,1-4H3/p+2. The summed E-state index contributed by atoms with van der Waals surface area (Å²) in [6, 6.07) is 21.7. The fourth-order valence-corrected chi connectivity index (χ4v) is 5.70. The lowest BCUT2D eigenvalue weighted by atomic mass is 10.00. The Morgan fingerprint density at radius 2 is 1.38 bits per heavy atom. The average Bonchev–Trinajstić information content (AvgIpc) is 3.80. The molecular weight excluding hydrogens is 516 g/mol. The quantitative estimate of drug-likeness (QED) is 0.465. The molecule has 0 aliphatic carbocycles. The molecule has 0 unspecified atom stereocenters. The first kappa shape index (κ1) is 25.7. The lowest BCUT2D eigenvalue weighted by Crippen LogP contribution is -2.79. The van der Waals surface area contributed by atoms with E-state index in [0.717, 1.165) is 56.0 Å². The van der Waals surface area contributed by atoms with Crippen molar-refractivity contribution in [1.29, 1.82) is 0 Å². The summed E-state index contributed by atoms with van der Waals surface area (Å²) in [5, 5.41) is 4.31. The topological polar surface area (TPSA) is 65.2 Å². The van der Waals surface area contributed by atoms with Crippen LogP contribution in [-0.2, 0) is 0 Å². The average molecular weight is 551 g/mol. The number of aliphatic imine (C=N–C) groups is 1. The van der Waals surface area contributed by atoms with Gasteiger partial charge in [-0.1, -0.05) is 24.3 Å². The van der Waals surface area contributed by atoms with Crippen LogP contribution >= 0.6 is 0 Å². The van der Waals surface area contributed by atoms with Crippen LogP contribution in [0.1, 0.15) is 11.1 Å². The van der Waals surface area contributed by atoms with Crippen LogP contribution in [0.25, 0.3) is 17.2 Å². The molecule has 4 aliphatic rings. The second-order valence-electron chi connectivity index (χ2n) is 11.3. The number of hydrogen-bond acceptors (Lipinski definition) is 3. The van der Waals surface area contributed by atoms with Crippen molar-refractivity contribution in [2.45, 2.75) is 0 Å². The number of aromatic amines is 1. The maximum absolute atomic E-state index is 5.09. The summed E-state index contributed by atoms with van der Waals surface area (Å²) < 4.78 is 0. The molecule has 7 rings (SSSR count). The molecule has 4 aliphatic heterocycles. The van der Waals surface area contributed by atoms with Crippen molar-refractivity contribution < 1.29 is 10.3 Å². The number of quaternary nitrogens is 1. The molecule has 0 atom stereocenters. The molecule has 0 radical (unpaired) electrons. The van der Waals surface area contributed by atoms with E-state index in [1.807, 2.05) is 0 Å². The molecule has 0 fully saturated rings. The Hall–Kier alpha value is -5.20. The zero-order chi connectivity index (χ0) is 28.8. The van der Waals surface area contributed by atoms with Crippen molar-refractivity contribution in [2.75, 3.05) is 38.0 Å². The largest absolute Gasteiger partial charge is 0.378 e. The highest BCUT2D eigenvalue weighted by Crippen LogP contribution is 2.27. The second-order valence-corrected chi connectivity index (χ2v) is 11.3.